The lowest BCUT2D eigenvalue weighted by Crippen LogP contribution is -2.39. The van der Waals surface area contributed by atoms with Crippen LogP contribution in [0.5, 0.6) is 5.75 Å². The van der Waals surface area contributed by atoms with Gasteiger partial charge in [-0.2, -0.15) is 11.8 Å². The molecule has 29 heavy (non-hydrogen) atoms. The van der Waals surface area contributed by atoms with Gasteiger partial charge in [-0.25, -0.2) is 4.79 Å². The summed E-state index contributed by atoms with van der Waals surface area (Å²) < 4.78 is 11.6. The molecule has 0 aliphatic carbocycles. The number of carbonyl (C=O) groups excluding carboxylic acids is 1. The van der Waals surface area contributed by atoms with Crippen LogP contribution in [0.1, 0.15) is 43.4 Å². The lowest BCUT2D eigenvalue weighted by Gasteiger charge is -2.32. The number of aryl methyl sites for hydroxylation is 2. The predicted molar refractivity (Wildman–Crippen MR) is 116 cm³/mol. The molecule has 0 radical (unpaired) electrons. The van der Waals surface area contributed by atoms with Crippen LogP contribution < -0.4 is 15.7 Å². The van der Waals surface area contributed by atoms with Crippen molar-refractivity contribution in [3.8, 4) is 5.75 Å². The first-order valence-electron chi connectivity index (χ1n) is 9.91. The van der Waals surface area contributed by atoms with Crippen LogP contribution in [-0.4, -0.2) is 41.3 Å². The van der Waals surface area contributed by atoms with Gasteiger partial charge in [-0.1, -0.05) is 0 Å². The number of thioether (sulfide) groups is 1. The van der Waals surface area contributed by atoms with Gasteiger partial charge in [0.1, 0.15) is 16.9 Å². The topological polar surface area (TPSA) is 88.8 Å². The van der Waals surface area contributed by atoms with Gasteiger partial charge >= 0.3 is 5.63 Å². The number of aliphatic hydroxyl groups excluding tert-OH is 1. The zero-order chi connectivity index (χ0) is 21.2. The average Bonchev–Trinajstić information content (AvgIpc) is 2.66. The van der Waals surface area contributed by atoms with Gasteiger partial charge in [-0.3, -0.25) is 4.79 Å². The highest BCUT2D eigenvalue weighted by atomic mass is 32.2. The van der Waals surface area contributed by atoms with Crippen LogP contribution in [0.25, 0.3) is 11.0 Å². The van der Waals surface area contributed by atoms with Crippen LogP contribution in [0.3, 0.4) is 0 Å². The molecule has 1 aliphatic heterocycles. The Hall–Kier alpha value is -1.99. The van der Waals surface area contributed by atoms with Crippen LogP contribution >= 0.6 is 11.8 Å². The summed E-state index contributed by atoms with van der Waals surface area (Å²) in [7, 11) is 0. The summed E-state index contributed by atoms with van der Waals surface area (Å²) in [6.45, 7) is 5.81. The first kappa shape index (κ1) is 21.7. The van der Waals surface area contributed by atoms with Crippen molar-refractivity contribution in [2.45, 2.75) is 58.1 Å². The standard InChI is InChI=1S/C22H29NO5S/c1-13-16-9-14-5-7-22(2,3)28-18(14)11-19(16)27-21(26)17(13)10-20(25)23-15(12-24)6-8-29-4/h9,11,15,24H,5-8,10,12H2,1-4H3,(H,23,25). The summed E-state index contributed by atoms with van der Waals surface area (Å²) in [6, 6.07) is 3.48. The van der Waals surface area contributed by atoms with E-state index < -0.39 is 5.63 Å². The van der Waals surface area contributed by atoms with Crippen molar-refractivity contribution < 1.29 is 19.1 Å². The van der Waals surface area contributed by atoms with E-state index in [-0.39, 0.29) is 30.6 Å². The zero-order valence-electron chi connectivity index (χ0n) is 17.5. The molecule has 0 spiro atoms. The van der Waals surface area contributed by atoms with Crippen LogP contribution in [0.2, 0.25) is 0 Å². The van der Waals surface area contributed by atoms with Gasteiger partial charge in [0.05, 0.1) is 24.6 Å². The molecule has 2 heterocycles. The molecule has 1 aliphatic rings. The van der Waals surface area contributed by atoms with Gasteiger partial charge in [-0.05, 0) is 69.2 Å². The number of ether oxygens (including phenoxy) is 1. The fourth-order valence-electron chi connectivity index (χ4n) is 3.65. The highest BCUT2D eigenvalue weighted by Crippen LogP contribution is 2.36. The first-order valence-corrected chi connectivity index (χ1v) is 11.3. The fraction of sp³-hybridized carbons (Fsp3) is 0.545. The molecule has 1 unspecified atom stereocenters. The molecule has 3 rings (SSSR count). The largest absolute Gasteiger partial charge is 0.487 e. The second-order valence-corrected chi connectivity index (χ2v) is 9.20. The highest BCUT2D eigenvalue weighted by Gasteiger charge is 2.28. The molecule has 0 bridgehead atoms. The number of aliphatic hydroxyl groups is 1. The normalized spacial score (nSPS) is 16.2. The molecule has 0 fully saturated rings. The number of carbonyl (C=O) groups is 1. The molecule has 0 saturated heterocycles. The minimum atomic E-state index is -0.509. The van der Waals surface area contributed by atoms with Crippen LogP contribution in [0.4, 0.5) is 0 Å². The maximum absolute atomic E-state index is 12.6. The quantitative estimate of drug-likeness (QED) is 0.671. The molecule has 1 atom stereocenters. The lowest BCUT2D eigenvalue weighted by molar-refractivity contribution is -0.121. The Morgan fingerprint density at radius 2 is 2.14 bits per heavy atom. The summed E-state index contributed by atoms with van der Waals surface area (Å²) in [5.41, 5.74) is 1.91. The van der Waals surface area contributed by atoms with Gasteiger partial charge in [0.15, 0.2) is 0 Å². The molecule has 1 aromatic heterocycles. The smallest absolute Gasteiger partial charge is 0.340 e. The number of amides is 1. The van der Waals surface area contributed by atoms with Crippen LogP contribution in [0.15, 0.2) is 21.3 Å². The summed E-state index contributed by atoms with van der Waals surface area (Å²) in [6.07, 6.45) is 4.39. The van der Waals surface area contributed by atoms with Crippen molar-refractivity contribution in [1.82, 2.24) is 5.32 Å². The Balaban J connectivity index is 1.88. The first-order chi connectivity index (χ1) is 13.7. The molecule has 6 nitrogen and oxygen atoms in total. The molecule has 2 N–H and O–H groups in total. The third-order valence-electron chi connectivity index (χ3n) is 5.44. The van der Waals surface area contributed by atoms with E-state index in [1.807, 2.05) is 33.1 Å². The number of rotatable bonds is 7. The van der Waals surface area contributed by atoms with E-state index in [0.29, 0.717) is 17.6 Å². The zero-order valence-corrected chi connectivity index (χ0v) is 18.3. The van der Waals surface area contributed by atoms with Crippen LogP contribution in [0, 0.1) is 6.92 Å². The average molecular weight is 420 g/mol. The minimum absolute atomic E-state index is 0.0690. The Kier molecular flexibility index (Phi) is 6.58. The van der Waals surface area contributed by atoms with E-state index in [4.69, 9.17) is 9.15 Å². The van der Waals surface area contributed by atoms with Crippen molar-refractivity contribution in [3.63, 3.8) is 0 Å². The van der Waals surface area contributed by atoms with Gasteiger partial charge in [0, 0.05) is 11.5 Å². The van der Waals surface area contributed by atoms with E-state index in [9.17, 15) is 14.7 Å². The van der Waals surface area contributed by atoms with Crippen molar-refractivity contribution >= 4 is 28.6 Å². The Morgan fingerprint density at radius 1 is 1.38 bits per heavy atom. The Bertz CT molecular complexity index is 966. The van der Waals surface area contributed by atoms with E-state index in [2.05, 4.69) is 5.32 Å². The SMILES string of the molecule is CSCCC(CO)NC(=O)Cc1c(C)c2cc3c(cc2oc1=O)OC(C)(C)CC3. The van der Waals surface area contributed by atoms with E-state index in [0.717, 1.165) is 40.9 Å². The summed E-state index contributed by atoms with van der Waals surface area (Å²) >= 11 is 1.66. The van der Waals surface area contributed by atoms with Gasteiger partial charge in [0.2, 0.25) is 5.91 Å². The number of nitrogens with one attached hydrogen (secondary N) is 1. The van der Waals surface area contributed by atoms with Crippen molar-refractivity contribution in [3.05, 3.63) is 39.2 Å². The van der Waals surface area contributed by atoms with Gasteiger partial charge < -0.3 is 19.6 Å². The second kappa shape index (κ2) is 8.79. The third kappa shape index (κ3) is 4.95. The number of benzene rings is 1. The van der Waals surface area contributed by atoms with Gasteiger partial charge in [-0.15, -0.1) is 0 Å². The van der Waals surface area contributed by atoms with Crippen molar-refractivity contribution in [1.29, 1.82) is 0 Å². The van der Waals surface area contributed by atoms with E-state index >= 15 is 0 Å². The third-order valence-corrected chi connectivity index (χ3v) is 6.09. The minimum Gasteiger partial charge on any atom is -0.487 e. The molecule has 0 saturated carbocycles. The highest BCUT2D eigenvalue weighted by molar-refractivity contribution is 7.98. The van der Waals surface area contributed by atoms with E-state index in [1.54, 1.807) is 17.8 Å². The lowest BCUT2D eigenvalue weighted by atomic mass is 9.92. The summed E-state index contributed by atoms with van der Waals surface area (Å²) in [5, 5.41) is 13.1. The molecular weight excluding hydrogens is 390 g/mol. The van der Waals surface area contributed by atoms with E-state index in [1.165, 1.54) is 0 Å². The molecule has 1 aromatic carbocycles. The predicted octanol–water partition coefficient (Wildman–Crippen LogP) is 2.98. The maximum atomic E-state index is 12.6. The molecule has 1 amide bonds. The molecule has 7 heteroatoms. The Morgan fingerprint density at radius 3 is 2.83 bits per heavy atom. The number of hydrogen-bond donors (Lipinski definition) is 2. The number of fused-ring (bicyclic) bond motifs is 2. The summed E-state index contributed by atoms with van der Waals surface area (Å²) in [4.78, 5) is 25.0. The van der Waals surface area contributed by atoms with Crippen LogP contribution in [-0.2, 0) is 17.6 Å². The molecular formula is C22H29NO5S. The van der Waals surface area contributed by atoms with Gasteiger partial charge in [0.25, 0.3) is 0 Å². The maximum Gasteiger partial charge on any atom is 0.340 e. The van der Waals surface area contributed by atoms with Crippen molar-refractivity contribution in [2.75, 3.05) is 18.6 Å². The summed E-state index contributed by atoms with van der Waals surface area (Å²) in [5.74, 6) is 1.30. The van der Waals surface area contributed by atoms with Crippen molar-refractivity contribution in [2.24, 2.45) is 0 Å². The number of hydrogen-bond acceptors (Lipinski definition) is 6. The molecule has 2 aromatic rings. The monoisotopic (exact) mass is 419 g/mol. The molecule has 158 valence electrons. The Labute approximate surface area is 175 Å². The second-order valence-electron chi connectivity index (χ2n) is 8.22. The fourth-order valence-corrected chi connectivity index (χ4v) is 4.17.